The van der Waals surface area contributed by atoms with Crippen molar-refractivity contribution in [3.8, 4) is 0 Å². The molecule has 3 heterocycles. The lowest BCUT2D eigenvalue weighted by Crippen LogP contribution is -2.49. The van der Waals surface area contributed by atoms with E-state index < -0.39 is 0 Å². The van der Waals surface area contributed by atoms with Crippen LogP contribution >= 0.6 is 0 Å². The van der Waals surface area contributed by atoms with E-state index in [1.807, 2.05) is 16.8 Å². The van der Waals surface area contributed by atoms with Crippen molar-refractivity contribution in [2.75, 3.05) is 31.1 Å². The van der Waals surface area contributed by atoms with Gasteiger partial charge in [-0.15, -0.1) is 5.10 Å². The Kier molecular flexibility index (Phi) is 5.20. The number of hydrogen-bond acceptors (Lipinski definition) is 6. The van der Waals surface area contributed by atoms with Gasteiger partial charge in [0.1, 0.15) is 12.3 Å². The van der Waals surface area contributed by atoms with E-state index in [4.69, 9.17) is 4.42 Å². The van der Waals surface area contributed by atoms with Gasteiger partial charge in [0.25, 0.3) is 0 Å². The largest absolute Gasteiger partial charge is 0.467 e. The molecule has 1 fully saturated rings. The van der Waals surface area contributed by atoms with E-state index in [2.05, 4.69) is 69.5 Å². The number of hydrogen-bond donors (Lipinski definition) is 0. The molecule has 4 rings (SSSR count). The lowest BCUT2D eigenvalue weighted by Gasteiger charge is -2.41. The fourth-order valence-electron chi connectivity index (χ4n) is 3.87. The maximum atomic E-state index is 5.47. The van der Waals surface area contributed by atoms with Crippen molar-refractivity contribution >= 4 is 5.69 Å². The quantitative estimate of drug-likeness (QED) is 0.668. The van der Waals surface area contributed by atoms with Crippen LogP contribution in [0.2, 0.25) is 0 Å². The lowest BCUT2D eigenvalue weighted by molar-refractivity contribution is 0.135. The SMILES string of the molecule is CC(C)C(c1nnnn1Cc1ccco1)N1CCN(c2ccccc2)CC1. The third-order valence-corrected chi connectivity index (χ3v) is 5.17. The second kappa shape index (κ2) is 7.92. The number of anilines is 1. The number of benzene rings is 1. The number of piperazine rings is 1. The molecule has 1 aromatic carbocycles. The average Bonchev–Trinajstić information content (AvgIpc) is 3.36. The summed E-state index contributed by atoms with van der Waals surface area (Å²) in [4.78, 5) is 4.95. The summed E-state index contributed by atoms with van der Waals surface area (Å²) in [5.41, 5.74) is 1.29. The number of aromatic nitrogens is 4. The molecule has 1 saturated heterocycles. The zero-order valence-electron chi connectivity index (χ0n) is 15.9. The van der Waals surface area contributed by atoms with Gasteiger partial charge in [0, 0.05) is 31.9 Å². The van der Waals surface area contributed by atoms with Crippen LogP contribution in [0.3, 0.4) is 0 Å². The van der Waals surface area contributed by atoms with E-state index in [1.165, 1.54) is 5.69 Å². The van der Waals surface area contributed by atoms with Crippen LogP contribution in [0.4, 0.5) is 5.69 Å². The van der Waals surface area contributed by atoms with Gasteiger partial charge in [0.05, 0.1) is 12.3 Å². The zero-order chi connectivity index (χ0) is 18.6. The van der Waals surface area contributed by atoms with Crippen LogP contribution < -0.4 is 4.90 Å². The predicted molar refractivity (Wildman–Crippen MR) is 103 cm³/mol. The first-order valence-corrected chi connectivity index (χ1v) is 9.55. The van der Waals surface area contributed by atoms with Gasteiger partial charge < -0.3 is 9.32 Å². The van der Waals surface area contributed by atoms with Crippen LogP contribution in [0.1, 0.15) is 31.5 Å². The fourth-order valence-corrected chi connectivity index (χ4v) is 3.87. The lowest BCUT2D eigenvalue weighted by atomic mass is 10.0. The van der Waals surface area contributed by atoms with Crippen molar-refractivity contribution in [3.63, 3.8) is 0 Å². The summed E-state index contributed by atoms with van der Waals surface area (Å²) in [5.74, 6) is 2.18. The summed E-state index contributed by atoms with van der Waals surface area (Å²) in [6.45, 7) is 9.03. The molecule has 0 spiro atoms. The number of rotatable bonds is 6. The summed E-state index contributed by atoms with van der Waals surface area (Å²) in [6, 6.07) is 14.7. The van der Waals surface area contributed by atoms with Crippen molar-refractivity contribution in [3.05, 3.63) is 60.3 Å². The molecule has 7 heteroatoms. The summed E-state index contributed by atoms with van der Waals surface area (Å²) in [7, 11) is 0. The van der Waals surface area contributed by atoms with Crippen molar-refractivity contribution in [1.29, 1.82) is 0 Å². The fraction of sp³-hybridized carbons (Fsp3) is 0.450. The van der Waals surface area contributed by atoms with E-state index >= 15 is 0 Å². The molecule has 0 bridgehead atoms. The summed E-state index contributed by atoms with van der Waals surface area (Å²) < 4.78 is 7.34. The number of tetrazole rings is 1. The molecule has 0 aliphatic carbocycles. The predicted octanol–water partition coefficient (Wildman–Crippen LogP) is 2.83. The van der Waals surface area contributed by atoms with Crippen LogP contribution in [-0.4, -0.2) is 51.3 Å². The molecule has 1 aliphatic rings. The Morgan fingerprint density at radius 2 is 1.78 bits per heavy atom. The normalized spacial score (nSPS) is 16.8. The molecule has 3 aromatic rings. The summed E-state index contributed by atoms with van der Waals surface area (Å²) in [6.07, 6.45) is 1.68. The highest BCUT2D eigenvalue weighted by Gasteiger charge is 2.31. The highest BCUT2D eigenvalue weighted by Crippen LogP contribution is 2.29. The van der Waals surface area contributed by atoms with Crippen LogP contribution in [-0.2, 0) is 6.54 Å². The minimum atomic E-state index is 0.188. The van der Waals surface area contributed by atoms with Crippen molar-refractivity contribution in [2.45, 2.75) is 26.4 Å². The van der Waals surface area contributed by atoms with E-state index in [-0.39, 0.29) is 6.04 Å². The molecule has 1 unspecified atom stereocenters. The van der Waals surface area contributed by atoms with Gasteiger partial charge in [-0.05, 0) is 40.6 Å². The summed E-state index contributed by atoms with van der Waals surface area (Å²) >= 11 is 0. The molecule has 1 atom stereocenters. The maximum absolute atomic E-state index is 5.47. The molecule has 0 saturated carbocycles. The van der Waals surface area contributed by atoms with Crippen LogP contribution in [0.25, 0.3) is 0 Å². The van der Waals surface area contributed by atoms with E-state index in [0.717, 1.165) is 37.8 Å². The zero-order valence-corrected chi connectivity index (χ0v) is 15.9. The summed E-state index contributed by atoms with van der Waals surface area (Å²) in [5, 5.41) is 12.5. The van der Waals surface area contributed by atoms with E-state index in [9.17, 15) is 0 Å². The molecule has 7 nitrogen and oxygen atoms in total. The highest BCUT2D eigenvalue weighted by molar-refractivity contribution is 5.46. The maximum Gasteiger partial charge on any atom is 0.169 e. The average molecular weight is 366 g/mol. The molecule has 27 heavy (non-hydrogen) atoms. The molecule has 0 amide bonds. The topological polar surface area (TPSA) is 63.2 Å². The van der Waals surface area contributed by atoms with Gasteiger partial charge in [0.15, 0.2) is 5.82 Å². The second-order valence-electron chi connectivity index (χ2n) is 7.32. The highest BCUT2D eigenvalue weighted by atomic mass is 16.3. The Hall–Kier alpha value is -2.67. The van der Waals surface area contributed by atoms with Crippen LogP contribution in [0, 0.1) is 5.92 Å². The first kappa shape index (κ1) is 17.7. The monoisotopic (exact) mass is 366 g/mol. The second-order valence-corrected chi connectivity index (χ2v) is 7.32. The van der Waals surface area contributed by atoms with Gasteiger partial charge in [-0.2, -0.15) is 0 Å². The van der Waals surface area contributed by atoms with E-state index in [1.54, 1.807) is 6.26 Å². The Balaban J connectivity index is 1.49. The smallest absolute Gasteiger partial charge is 0.169 e. The Labute approximate surface area is 159 Å². The third-order valence-electron chi connectivity index (χ3n) is 5.17. The molecular weight excluding hydrogens is 340 g/mol. The molecule has 142 valence electrons. The van der Waals surface area contributed by atoms with Crippen molar-refractivity contribution in [1.82, 2.24) is 25.1 Å². The van der Waals surface area contributed by atoms with Gasteiger partial charge in [-0.3, -0.25) is 4.90 Å². The number of furan rings is 1. The minimum Gasteiger partial charge on any atom is -0.467 e. The van der Waals surface area contributed by atoms with Crippen molar-refractivity contribution < 1.29 is 4.42 Å². The molecule has 1 aliphatic heterocycles. The van der Waals surface area contributed by atoms with Gasteiger partial charge in [0.2, 0.25) is 0 Å². The van der Waals surface area contributed by atoms with Gasteiger partial charge in [-0.25, -0.2) is 4.68 Å². The Bertz CT molecular complexity index is 821. The van der Waals surface area contributed by atoms with Crippen LogP contribution in [0.15, 0.2) is 53.1 Å². The molecule has 0 radical (unpaired) electrons. The Morgan fingerprint density at radius 1 is 1.00 bits per heavy atom. The van der Waals surface area contributed by atoms with Gasteiger partial charge in [-0.1, -0.05) is 32.0 Å². The third kappa shape index (κ3) is 3.88. The number of nitrogens with zero attached hydrogens (tertiary/aromatic N) is 6. The standard InChI is InChI=1S/C20H26N6O/c1-16(2)19(20-21-22-23-26(20)15-18-9-6-14-27-18)25-12-10-24(11-13-25)17-7-4-3-5-8-17/h3-9,14,16,19H,10-13,15H2,1-2H3. The van der Waals surface area contributed by atoms with Gasteiger partial charge >= 0.3 is 0 Å². The first-order valence-electron chi connectivity index (χ1n) is 9.55. The molecule has 2 aromatic heterocycles. The molecule has 0 N–H and O–H groups in total. The van der Waals surface area contributed by atoms with Crippen LogP contribution in [0.5, 0.6) is 0 Å². The number of para-hydroxylation sites is 1. The first-order chi connectivity index (χ1) is 13.2. The molecular formula is C20H26N6O. The minimum absolute atomic E-state index is 0.188. The van der Waals surface area contributed by atoms with Crippen molar-refractivity contribution in [2.24, 2.45) is 5.92 Å². The Morgan fingerprint density at radius 3 is 2.44 bits per heavy atom. The van der Waals surface area contributed by atoms with E-state index in [0.29, 0.717) is 12.5 Å².